The summed E-state index contributed by atoms with van der Waals surface area (Å²) in [6, 6.07) is 0.157. The Morgan fingerprint density at radius 1 is 1.23 bits per heavy atom. The Labute approximate surface area is 134 Å². The highest BCUT2D eigenvalue weighted by atomic mass is 16.3. The third kappa shape index (κ3) is 5.76. The van der Waals surface area contributed by atoms with E-state index in [1.807, 2.05) is 0 Å². The third-order valence-electron chi connectivity index (χ3n) is 5.11. The van der Waals surface area contributed by atoms with Crippen molar-refractivity contribution in [2.75, 3.05) is 26.2 Å². The summed E-state index contributed by atoms with van der Waals surface area (Å²) >= 11 is 0. The Kier molecular flexibility index (Phi) is 6.96. The van der Waals surface area contributed by atoms with Crippen LogP contribution in [0.2, 0.25) is 0 Å². The number of piperidine rings is 1. The van der Waals surface area contributed by atoms with Crippen LogP contribution >= 0.6 is 0 Å². The van der Waals surface area contributed by atoms with Gasteiger partial charge in [-0.15, -0.1) is 0 Å². The van der Waals surface area contributed by atoms with Gasteiger partial charge in [0.15, 0.2) is 0 Å². The van der Waals surface area contributed by atoms with Gasteiger partial charge in [0, 0.05) is 25.7 Å². The zero-order chi connectivity index (χ0) is 15.8. The largest absolute Gasteiger partial charge is 0.388 e. The van der Waals surface area contributed by atoms with Crippen molar-refractivity contribution in [3.8, 4) is 0 Å². The normalized spacial score (nSPS) is 23.2. The van der Waals surface area contributed by atoms with Gasteiger partial charge in [0.1, 0.15) is 0 Å². The molecule has 0 bridgehead atoms. The second-order valence-corrected chi connectivity index (χ2v) is 7.08. The first-order valence-electron chi connectivity index (χ1n) is 9.10. The fraction of sp³-hybridized carbons (Fsp3) is 0.941. The van der Waals surface area contributed by atoms with E-state index in [1.54, 1.807) is 0 Å². The maximum absolute atomic E-state index is 12.0. The van der Waals surface area contributed by atoms with Crippen LogP contribution in [0.5, 0.6) is 0 Å². The van der Waals surface area contributed by atoms with Gasteiger partial charge in [0.2, 0.25) is 0 Å². The van der Waals surface area contributed by atoms with Gasteiger partial charge in [-0.3, -0.25) is 0 Å². The smallest absolute Gasteiger partial charge is 0.315 e. The molecule has 5 nitrogen and oxygen atoms in total. The fourth-order valence-electron chi connectivity index (χ4n) is 3.55. The second-order valence-electron chi connectivity index (χ2n) is 7.08. The average molecular weight is 311 g/mol. The average Bonchev–Trinajstić information content (AvgIpc) is 2.53. The lowest BCUT2D eigenvalue weighted by atomic mass is 9.85. The minimum atomic E-state index is -0.681. The molecule has 2 amide bonds. The lowest BCUT2D eigenvalue weighted by molar-refractivity contribution is 0.00706. The fourth-order valence-corrected chi connectivity index (χ4v) is 3.55. The Hall–Kier alpha value is -0.810. The van der Waals surface area contributed by atoms with Crippen LogP contribution in [0.25, 0.3) is 0 Å². The minimum absolute atomic E-state index is 0.119. The molecule has 1 heterocycles. The molecule has 1 saturated heterocycles. The zero-order valence-electron chi connectivity index (χ0n) is 14.1. The van der Waals surface area contributed by atoms with Gasteiger partial charge in [-0.1, -0.05) is 32.6 Å². The molecule has 5 heteroatoms. The van der Waals surface area contributed by atoms with Crippen molar-refractivity contribution >= 4 is 6.03 Å². The maximum atomic E-state index is 12.0. The van der Waals surface area contributed by atoms with Gasteiger partial charge in [-0.25, -0.2) is 4.79 Å². The summed E-state index contributed by atoms with van der Waals surface area (Å²) in [7, 11) is 0. The van der Waals surface area contributed by atoms with Crippen molar-refractivity contribution in [3.63, 3.8) is 0 Å². The van der Waals surface area contributed by atoms with Gasteiger partial charge >= 0.3 is 6.03 Å². The molecule has 2 aliphatic rings. The first-order valence-corrected chi connectivity index (χ1v) is 9.10. The molecular formula is C17H33N3O2. The zero-order valence-corrected chi connectivity index (χ0v) is 14.1. The van der Waals surface area contributed by atoms with Crippen LogP contribution in [0.1, 0.15) is 64.7 Å². The number of urea groups is 1. The van der Waals surface area contributed by atoms with E-state index in [2.05, 4.69) is 22.5 Å². The maximum Gasteiger partial charge on any atom is 0.315 e. The molecule has 2 rings (SSSR count). The third-order valence-corrected chi connectivity index (χ3v) is 5.11. The van der Waals surface area contributed by atoms with E-state index in [1.165, 1.54) is 25.8 Å². The SMILES string of the molecule is CCCCN1CCC(NC(=O)NCC2(O)CCCCC2)CC1. The molecule has 1 aliphatic carbocycles. The van der Waals surface area contributed by atoms with Crippen LogP contribution in [0, 0.1) is 0 Å². The molecule has 0 radical (unpaired) electrons. The number of carbonyl (C=O) groups excluding carboxylic acids is 1. The van der Waals surface area contributed by atoms with Gasteiger partial charge in [0.25, 0.3) is 0 Å². The van der Waals surface area contributed by atoms with Crippen molar-refractivity contribution in [3.05, 3.63) is 0 Å². The Balaban J connectivity index is 1.61. The monoisotopic (exact) mass is 311 g/mol. The summed E-state index contributed by atoms with van der Waals surface area (Å²) in [6.45, 7) is 5.94. The first-order chi connectivity index (χ1) is 10.6. The van der Waals surface area contributed by atoms with Crippen LogP contribution < -0.4 is 10.6 Å². The Morgan fingerprint density at radius 3 is 2.55 bits per heavy atom. The van der Waals surface area contributed by atoms with E-state index in [0.29, 0.717) is 6.54 Å². The summed E-state index contributed by atoms with van der Waals surface area (Å²) in [5, 5.41) is 16.3. The van der Waals surface area contributed by atoms with Gasteiger partial charge in [-0.05, 0) is 38.6 Å². The van der Waals surface area contributed by atoms with E-state index in [-0.39, 0.29) is 12.1 Å². The molecule has 0 aromatic heterocycles. The van der Waals surface area contributed by atoms with Crippen LogP contribution in [-0.4, -0.2) is 53.9 Å². The molecule has 0 unspecified atom stereocenters. The number of carbonyl (C=O) groups is 1. The molecule has 128 valence electrons. The quantitative estimate of drug-likeness (QED) is 0.705. The Bertz CT molecular complexity index is 335. The molecule has 0 spiro atoms. The van der Waals surface area contributed by atoms with Crippen LogP contribution in [0.15, 0.2) is 0 Å². The van der Waals surface area contributed by atoms with Crippen molar-refractivity contribution in [1.82, 2.24) is 15.5 Å². The van der Waals surface area contributed by atoms with E-state index < -0.39 is 5.60 Å². The number of nitrogens with zero attached hydrogens (tertiary/aromatic N) is 1. The minimum Gasteiger partial charge on any atom is -0.388 e. The lowest BCUT2D eigenvalue weighted by Gasteiger charge is -2.34. The molecule has 0 aromatic rings. The predicted octanol–water partition coefficient (Wildman–Crippen LogP) is 2.25. The van der Waals surface area contributed by atoms with Crippen molar-refractivity contribution < 1.29 is 9.90 Å². The highest BCUT2D eigenvalue weighted by molar-refractivity contribution is 5.74. The van der Waals surface area contributed by atoms with E-state index >= 15 is 0 Å². The molecule has 0 aromatic carbocycles. The number of likely N-dealkylation sites (tertiary alicyclic amines) is 1. The molecule has 0 atom stereocenters. The van der Waals surface area contributed by atoms with Crippen LogP contribution in [0.3, 0.4) is 0 Å². The summed E-state index contributed by atoms with van der Waals surface area (Å²) in [5.74, 6) is 0. The number of amides is 2. The molecule has 2 fully saturated rings. The topological polar surface area (TPSA) is 64.6 Å². The standard InChI is InChI=1S/C17H33N3O2/c1-2-3-11-20-12-7-15(8-13-20)19-16(21)18-14-17(22)9-5-4-6-10-17/h15,22H,2-14H2,1H3,(H2,18,19,21). The van der Waals surface area contributed by atoms with E-state index in [9.17, 15) is 9.90 Å². The van der Waals surface area contributed by atoms with Crippen molar-refractivity contribution in [1.29, 1.82) is 0 Å². The van der Waals surface area contributed by atoms with Gasteiger partial charge < -0.3 is 20.6 Å². The predicted molar refractivity (Wildman–Crippen MR) is 88.9 cm³/mol. The van der Waals surface area contributed by atoms with Crippen LogP contribution in [0.4, 0.5) is 4.79 Å². The molecule has 22 heavy (non-hydrogen) atoms. The number of nitrogens with one attached hydrogen (secondary N) is 2. The van der Waals surface area contributed by atoms with E-state index in [4.69, 9.17) is 0 Å². The summed E-state index contributed by atoms with van der Waals surface area (Å²) in [6.07, 6.45) is 9.51. The molecule has 3 N–H and O–H groups in total. The first kappa shape index (κ1) is 17.5. The number of rotatable bonds is 6. The summed E-state index contributed by atoms with van der Waals surface area (Å²) in [5.41, 5.74) is -0.681. The van der Waals surface area contributed by atoms with Gasteiger partial charge in [0.05, 0.1) is 5.60 Å². The highest BCUT2D eigenvalue weighted by Crippen LogP contribution is 2.27. The Morgan fingerprint density at radius 2 is 1.91 bits per heavy atom. The van der Waals surface area contributed by atoms with Crippen LogP contribution in [-0.2, 0) is 0 Å². The molecular weight excluding hydrogens is 278 g/mol. The number of hydrogen-bond acceptors (Lipinski definition) is 3. The molecule has 1 aliphatic heterocycles. The van der Waals surface area contributed by atoms with Gasteiger partial charge in [-0.2, -0.15) is 0 Å². The summed E-state index contributed by atoms with van der Waals surface area (Å²) < 4.78 is 0. The van der Waals surface area contributed by atoms with Crippen molar-refractivity contribution in [2.24, 2.45) is 0 Å². The molecule has 1 saturated carbocycles. The highest BCUT2D eigenvalue weighted by Gasteiger charge is 2.29. The second kappa shape index (κ2) is 8.73. The number of unbranched alkanes of at least 4 members (excludes halogenated alkanes) is 1. The summed E-state index contributed by atoms with van der Waals surface area (Å²) in [4.78, 5) is 14.5. The van der Waals surface area contributed by atoms with E-state index in [0.717, 1.165) is 51.6 Å². The number of aliphatic hydroxyl groups is 1. The number of hydrogen-bond donors (Lipinski definition) is 3. The lowest BCUT2D eigenvalue weighted by Crippen LogP contribution is -2.51. The van der Waals surface area contributed by atoms with Crippen molar-refractivity contribution in [2.45, 2.75) is 76.4 Å².